The van der Waals surface area contributed by atoms with Crippen LogP contribution < -0.4 is 10.2 Å². The van der Waals surface area contributed by atoms with E-state index in [1.807, 2.05) is 6.07 Å². The summed E-state index contributed by atoms with van der Waals surface area (Å²) in [5.41, 5.74) is 5.89. The molecule has 3 aromatic rings. The van der Waals surface area contributed by atoms with E-state index in [1.165, 1.54) is 28.8 Å². The predicted molar refractivity (Wildman–Crippen MR) is 105 cm³/mol. The molecular formula is C21H23N5. The van der Waals surface area contributed by atoms with Crippen molar-refractivity contribution in [3.63, 3.8) is 0 Å². The molecule has 0 unspecified atom stereocenters. The molecular weight excluding hydrogens is 322 g/mol. The zero-order valence-corrected chi connectivity index (χ0v) is 15.1. The van der Waals surface area contributed by atoms with E-state index in [0.29, 0.717) is 5.92 Å². The number of nitrogens with zero attached hydrogens (tertiary/aromatic N) is 4. The van der Waals surface area contributed by atoms with Gasteiger partial charge in [-0.2, -0.15) is 5.10 Å². The van der Waals surface area contributed by atoms with Gasteiger partial charge in [0.15, 0.2) is 5.82 Å². The van der Waals surface area contributed by atoms with Gasteiger partial charge >= 0.3 is 0 Å². The number of rotatable bonds is 4. The van der Waals surface area contributed by atoms with Crippen LogP contribution in [0.5, 0.6) is 0 Å². The van der Waals surface area contributed by atoms with E-state index in [4.69, 9.17) is 0 Å². The highest BCUT2D eigenvalue weighted by Gasteiger charge is 2.29. The van der Waals surface area contributed by atoms with E-state index >= 15 is 0 Å². The van der Waals surface area contributed by atoms with Gasteiger partial charge in [0.2, 0.25) is 0 Å². The highest BCUT2D eigenvalue weighted by molar-refractivity contribution is 5.91. The standard InChI is InChI=1S/C21H23N5/c1-14-9-20(17-6-2-3-7-19(17)23-14)22-11-15-12-26(13-15)21-10-16-5-4-8-18(16)24-25-21/h2-3,6-7,9-10,15H,4-5,8,11-13H2,1H3,(H,22,23). The Morgan fingerprint density at radius 2 is 2.00 bits per heavy atom. The molecule has 2 aromatic heterocycles. The Labute approximate surface area is 153 Å². The minimum Gasteiger partial charge on any atom is -0.384 e. The van der Waals surface area contributed by atoms with Crippen molar-refractivity contribution in [3.8, 4) is 0 Å². The number of aryl methyl sites for hydroxylation is 3. The molecule has 5 nitrogen and oxygen atoms in total. The van der Waals surface area contributed by atoms with Gasteiger partial charge in [-0.05, 0) is 49.9 Å². The molecule has 1 fully saturated rings. The molecule has 26 heavy (non-hydrogen) atoms. The first-order valence-electron chi connectivity index (χ1n) is 9.47. The molecule has 1 saturated heterocycles. The van der Waals surface area contributed by atoms with Gasteiger partial charge < -0.3 is 10.2 Å². The van der Waals surface area contributed by atoms with Gasteiger partial charge in [-0.15, -0.1) is 5.10 Å². The van der Waals surface area contributed by atoms with Crippen molar-refractivity contribution in [2.24, 2.45) is 5.92 Å². The van der Waals surface area contributed by atoms with Crippen LogP contribution >= 0.6 is 0 Å². The minimum atomic E-state index is 0.636. The summed E-state index contributed by atoms with van der Waals surface area (Å²) in [6.07, 6.45) is 3.47. The maximum absolute atomic E-state index is 4.61. The van der Waals surface area contributed by atoms with Gasteiger partial charge in [0.25, 0.3) is 0 Å². The Bertz CT molecular complexity index is 962. The van der Waals surface area contributed by atoms with Crippen LogP contribution in [0.15, 0.2) is 36.4 Å². The van der Waals surface area contributed by atoms with Crippen molar-refractivity contribution < 1.29 is 0 Å². The lowest BCUT2D eigenvalue weighted by molar-refractivity contribution is 0.425. The van der Waals surface area contributed by atoms with Gasteiger partial charge in [-0.3, -0.25) is 4.98 Å². The third-order valence-electron chi connectivity index (χ3n) is 5.51. The highest BCUT2D eigenvalue weighted by atomic mass is 15.3. The maximum atomic E-state index is 4.61. The van der Waals surface area contributed by atoms with Gasteiger partial charge in [-0.1, -0.05) is 18.2 Å². The monoisotopic (exact) mass is 345 g/mol. The molecule has 1 aromatic carbocycles. The van der Waals surface area contributed by atoms with E-state index in [1.54, 1.807) is 0 Å². The summed E-state index contributed by atoms with van der Waals surface area (Å²) in [6.45, 7) is 5.11. The third kappa shape index (κ3) is 2.77. The Morgan fingerprint density at radius 1 is 1.12 bits per heavy atom. The molecule has 0 amide bonds. The van der Waals surface area contributed by atoms with E-state index in [-0.39, 0.29) is 0 Å². The normalized spacial score (nSPS) is 16.6. The summed E-state index contributed by atoms with van der Waals surface area (Å²) < 4.78 is 0. The molecule has 0 spiro atoms. The molecule has 1 aliphatic heterocycles. The van der Waals surface area contributed by atoms with Crippen LogP contribution in [0.25, 0.3) is 10.9 Å². The van der Waals surface area contributed by atoms with Gasteiger partial charge in [-0.25, -0.2) is 0 Å². The average molecular weight is 345 g/mol. The number of aromatic nitrogens is 3. The molecule has 0 bridgehead atoms. The number of anilines is 2. The topological polar surface area (TPSA) is 53.9 Å². The lowest BCUT2D eigenvalue weighted by Crippen LogP contribution is -2.50. The Morgan fingerprint density at radius 3 is 2.92 bits per heavy atom. The van der Waals surface area contributed by atoms with Crippen molar-refractivity contribution >= 4 is 22.4 Å². The molecule has 1 N–H and O–H groups in total. The summed E-state index contributed by atoms with van der Waals surface area (Å²) >= 11 is 0. The molecule has 5 heteroatoms. The van der Waals surface area contributed by atoms with E-state index in [0.717, 1.165) is 49.5 Å². The fraction of sp³-hybridized carbons (Fsp3) is 0.381. The number of fused-ring (bicyclic) bond motifs is 2. The lowest BCUT2D eigenvalue weighted by atomic mass is 9.99. The number of pyridine rings is 1. The van der Waals surface area contributed by atoms with Crippen molar-refractivity contribution in [1.82, 2.24) is 15.2 Å². The summed E-state index contributed by atoms with van der Waals surface area (Å²) in [5, 5.41) is 13.7. The largest absolute Gasteiger partial charge is 0.384 e. The zero-order valence-electron chi connectivity index (χ0n) is 15.1. The lowest BCUT2D eigenvalue weighted by Gasteiger charge is -2.40. The molecule has 0 radical (unpaired) electrons. The molecule has 2 aliphatic rings. The molecule has 1 aliphatic carbocycles. The average Bonchev–Trinajstić information content (AvgIpc) is 3.08. The number of para-hydroxylation sites is 1. The van der Waals surface area contributed by atoms with Crippen molar-refractivity contribution in [1.29, 1.82) is 0 Å². The maximum Gasteiger partial charge on any atom is 0.151 e. The molecule has 5 rings (SSSR count). The fourth-order valence-corrected chi connectivity index (χ4v) is 4.07. The van der Waals surface area contributed by atoms with Crippen LogP contribution in [0.1, 0.15) is 23.4 Å². The Balaban J connectivity index is 1.23. The zero-order chi connectivity index (χ0) is 17.5. The summed E-state index contributed by atoms with van der Waals surface area (Å²) in [6, 6.07) is 12.7. The van der Waals surface area contributed by atoms with E-state index < -0.39 is 0 Å². The third-order valence-corrected chi connectivity index (χ3v) is 5.51. The van der Waals surface area contributed by atoms with E-state index in [9.17, 15) is 0 Å². The van der Waals surface area contributed by atoms with Gasteiger partial charge in [0.1, 0.15) is 0 Å². The van der Waals surface area contributed by atoms with Crippen molar-refractivity contribution in [2.75, 3.05) is 29.9 Å². The highest BCUT2D eigenvalue weighted by Crippen LogP contribution is 2.28. The van der Waals surface area contributed by atoms with Crippen molar-refractivity contribution in [2.45, 2.75) is 26.2 Å². The predicted octanol–water partition coefficient (Wildman–Crippen LogP) is 3.37. The number of hydrogen-bond donors (Lipinski definition) is 1. The Kier molecular flexibility index (Phi) is 3.73. The molecule has 0 atom stereocenters. The van der Waals surface area contributed by atoms with E-state index in [2.05, 4.69) is 62.7 Å². The van der Waals surface area contributed by atoms with Crippen LogP contribution in [0.3, 0.4) is 0 Å². The molecule has 3 heterocycles. The summed E-state index contributed by atoms with van der Waals surface area (Å²) in [5.74, 6) is 1.68. The summed E-state index contributed by atoms with van der Waals surface area (Å²) in [4.78, 5) is 6.96. The van der Waals surface area contributed by atoms with Crippen LogP contribution in [0.4, 0.5) is 11.5 Å². The number of nitrogens with one attached hydrogen (secondary N) is 1. The second-order valence-electron chi connectivity index (χ2n) is 7.51. The van der Waals surface area contributed by atoms with Gasteiger partial charge in [0.05, 0.1) is 11.2 Å². The quantitative estimate of drug-likeness (QED) is 0.786. The molecule has 0 saturated carbocycles. The molecule has 132 valence electrons. The smallest absolute Gasteiger partial charge is 0.151 e. The fourth-order valence-electron chi connectivity index (χ4n) is 4.07. The first-order valence-corrected chi connectivity index (χ1v) is 9.47. The number of hydrogen-bond acceptors (Lipinski definition) is 5. The van der Waals surface area contributed by atoms with Gasteiger partial charge in [0, 0.05) is 42.3 Å². The first kappa shape index (κ1) is 15.6. The Hall–Kier alpha value is -2.69. The van der Waals surface area contributed by atoms with Crippen LogP contribution in [0, 0.1) is 12.8 Å². The summed E-state index contributed by atoms with van der Waals surface area (Å²) in [7, 11) is 0. The minimum absolute atomic E-state index is 0.636. The SMILES string of the molecule is Cc1cc(NCC2CN(c3cc4c(nn3)CCC4)C2)c2ccccc2n1. The second kappa shape index (κ2) is 6.24. The van der Waals surface area contributed by atoms with Crippen LogP contribution in [-0.4, -0.2) is 34.8 Å². The van der Waals surface area contributed by atoms with Crippen LogP contribution in [0.2, 0.25) is 0 Å². The van der Waals surface area contributed by atoms with Crippen LogP contribution in [-0.2, 0) is 12.8 Å². The number of benzene rings is 1. The van der Waals surface area contributed by atoms with Crippen molar-refractivity contribution in [3.05, 3.63) is 53.3 Å². The second-order valence-corrected chi connectivity index (χ2v) is 7.51. The first-order chi connectivity index (χ1) is 12.8.